The van der Waals surface area contributed by atoms with E-state index in [4.69, 9.17) is 4.74 Å². The van der Waals surface area contributed by atoms with Gasteiger partial charge in [0.25, 0.3) is 0 Å². The van der Waals surface area contributed by atoms with Gasteiger partial charge in [0.05, 0.1) is 6.61 Å². The molecule has 3 nitrogen and oxygen atoms in total. The highest BCUT2D eigenvalue weighted by Crippen LogP contribution is 2.61. The third kappa shape index (κ3) is 3.90. The Morgan fingerprint density at radius 1 is 1.09 bits per heavy atom. The summed E-state index contributed by atoms with van der Waals surface area (Å²) in [5.41, 5.74) is 4.91. The molecule has 0 radical (unpaired) electrons. The summed E-state index contributed by atoms with van der Waals surface area (Å²) in [6.45, 7) is 4.14. The van der Waals surface area contributed by atoms with Gasteiger partial charge in [0, 0.05) is 19.0 Å². The van der Waals surface area contributed by atoms with Gasteiger partial charge in [-0.15, -0.1) is 0 Å². The maximum atomic E-state index is 10.6. The van der Waals surface area contributed by atoms with Crippen molar-refractivity contribution in [2.75, 3.05) is 13.7 Å². The summed E-state index contributed by atoms with van der Waals surface area (Å²) in [6, 6.07) is 18.3. The molecule has 0 bridgehead atoms. The minimum absolute atomic E-state index is 0.431. The number of hydrogen-bond donors (Lipinski definition) is 0. The van der Waals surface area contributed by atoms with Crippen molar-refractivity contribution in [2.24, 2.45) is 17.3 Å². The molecular weight excluding hydrogens is 394 g/mol. The van der Waals surface area contributed by atoms with E-state index in [1.54, 1.807) is 5.56 Å². The van der Waals surface area contributed by atoms with Crippen molar-refractivity contribution in [1.82, 2.24) is 4.90 Å². The van der Waals surface area contributed by atoms with E-state index in [9.17, 15) is 4.79 Å². The second-order valence-corrected chi connectivity index (χ2v) is 10.6. The first kappa shape index (κ1) is 21.7. The summed E-state index contributed by atoms with van der Waals surface area (Å²) in [7, 11) is 2.35. The van der Waals surface area contributed by atoms with Crippen molar-refractivity contribution < 1.29 is 9.53 Å². The Hall–Kier alpha value is -2.13. The molecule has 3 aliphatic carbocycles. The van der Waals surface area contributed by atoms with Crippen LogP contribution < -0.4 is 4.74 Å². The lowest BCUT2D eigenvalue weighted by Gasteiger charge is -2.52. The smallest absolute Gasteiger partial charge is 0.123 e. The minimum atomic E-state index is 0.431. The summed E-state index contributed by atoms with van der Waals surface area (Å²) >= 11 is 0. The van der Waals surface area contributed by atoms with E-state index in [1.165, 1.54) is 49.7 Å². The Kier molecular flexibility index (Phi) is 6.11. The molecular formula is C29H37NO2. The van der Waals surface area contributed by atoms with Crippen LogP contribution in [0.2, 0.25) is 0 Å². The molecule has 2 aromatic carbocycles. The molecule has 0 heterocycles. The van der Waals surface area contributed by atoms with E-state index in [0.29, 0.717) is 30.4 Å². The predicted molar refractivity (Wildman–Crippen MR) is 129 cm³/mol. The fourth-order valence-corrected chi connectivity index (χ4v) is 7.55. The van der Waals surface area contributed by atoms with Crippen LogP contribution in [0.4, 0.5) is 0 Å². The van der Waals surface area contributed by atoms with Gasteiger partial charge in [-0.2, -0.15) is 0 Å². The Bertz CT molecular complexity index is 941. The van der Waals surface area contributed by atoms with Crippen LogP contribution in [0.3, 0.4) is 0 Å². The normalized spacial score (nSPS) is 31.0. The fraction of sp³-hybridized carbons (Fsp3) is 0.552. The zero-order valence-electron chi connectivity index (χ0n) is 19.6. The van der Waals surface area contributed by atoms with Crippen molar-refractivity contribution >= 4 is 6.29 Å². The zero-order valence-corrected chi connectivity index (χ0v) is 19.6. The van der Waals surface area contributed by atoms with Crippen LogP contribution in [-0.4, -0.2) is 30.9 Å². The fourth-order valence-electron chi connectivity index (χ4n) is 7.55. The van der Waals surface area contributed by atoms with Crippen molar-refractivity contribution in [1.29, 1.82) is 0 Å². The maximum Gasteiger partial charge on any atom is 0.123 e. The minimum Gasteiger partial charge on any atom is -0.493 e. The third-order valence-electron chi connectivity index (χ3n) is 8.96. The molecule has 5 atom stereocenters. The molecule has 0 saturated heterocycles. The van der Waals surface area contributed by atoms with Gasteiger partial charge < -0.3 is 9.53 Å². The summed E-state index contributed by atoms with van der Waals surface area (Å²) in [5.74, 6) is 3.28. The van der Waals surface area contributed by atoms with Gasteiger partial charge in [-0.1, -0.05) is 43.3 Å². The quantitative estimate of drug-likeness (QED) is 0.397. The molecule has 3 unspecified atom stereocenters. The summed E-state index contributed by atoms with van der Waals surface area (Å²) < 4.78 is 5.79. The average Bonchev–Trinajstić information content (AvgIpc) is 3.17. The lowest BCUT2D eigenvalue weighted by molar-refractivity contribution is -0.108. The van der Waals surface area contributed by atoms with E-state index >= 15 is 0 Å². The molecule has 32 heavy (non-hydrogen) atoms. The van der Waals surface area contributed by atoms with E-state index < -0.39 is 0 Å². The molecule has 170 valence electrons. The molecule has 3 heteroatoms. The number of benzene rings is 2. The first-order valence-corrected chi connectivity index (χ1v) is 12.5. The SMILES string of the molecule is CN(Cc1ccccc1)[C@H]1CCC2C3CCc4cc(OCCC=O)ccc4C3CC[C@@]21C. The van der Waals surface area contributed by atoms with Crippen LogP contribution in [0.5, 0.6) is 5.75 Å². The highest BCUT2D eigenvalue weighted by molar-refractivity contribution is 5.49. The molecule has 2 aromatic rings. The molecule has 2 saturated carbocycles. The summed E-state index contributed by atoms with van der Waals surface area (Å²) in [6.07, 6.45) is 9.22. The number of rotatable bonds is 7. The molecule has 3 aliphatic rings. The van der Waals surface area contributed by atoms with Gasteiger partial charge in [-0.25, -0.2) is 0 Å². The van der Waals surface area contributed by atoms with Gasteiger partial charge in [0.15, 0.2) is 0 Å². The number of aryl methyl sites for hydroxylation is 1. The maximum absolute atomic E-state index is 10.6. The van der Waals surface area contributed by atoms with E-state index in [0.717, 1.165) is 30.4 Å². The topological polar surface area (TPSA) is 29.5 Å². The second kappa shape index (κ2) is 9.02. The molecule has 0 aliphatic heterocycles. The van der Waals surface area contributed by atoms with Gasteiger partial charge in [-0.05, 0) is 97.6 Å². The van der Waals surface area contributed by atoms with Crippen molar-refractivity contribution in [3.8, 4) is 5.75 Å². The summed E-state index contributed by atoms with van der Waals surface area (Å²) in [5, 5.41) is 0. The van der Waals surface area contributed by atoms with E-state index in [-0.39, 0.29) is 0 Å². The molecule has 0 amide bonds. The number of aldehydes is 1. The molecule has 0 spiro atoms. The number of carbonyl (C=O) groups excluding carboxylic acids is 1. The Labute approximate surface area is 193 Å². The van der Waals surface area contributed by atoms with Crippen molar-refractivity contribution in [2.45, 2.75) is 70.4 Å². The van der Waals surface area contributed by atoms with Gasteiger partial charge in [0.1, 0.15) is 12.0 Å². The monoisotopic (exact) mass is 431 g/mol. The highest BCUT2D eigenvalue weighted by atomic mass is 16.5. The Balaban J connectivity index is 1.31. The van der Waals surface area contributed by atoms with Gasteiger partial charge in [0.2, 0.25) is 0 Å². The van der Waals surface area contributed by atoms with Crippen LogP contribution in [0, 0.1) is 17.3 Å². The first-order chi connectivity index (χ1) is 15.6. The van der Waals surface area contributed by atoms with Crippen molar-refractivity contribution in [3.05, 3.63) is 65.2 Å². The molecule has 5 rings (SSSR count). The van der Waals surface area contributed by atoms with Crippen LogP contribution in [0.15, 0.2) is 48.5 Å². The molecule has 2 fully saturated rings. The number of nitrogens with zero attached hydrogens (tertiary/aromatic N) is 1. The Morgan fingerprint density at radius 2 is 1.94 bits per heavy atom. The average molecular weight is 432 g/mol. The van der Waals surface area contributed by atoms with Gasteiger partial charge >= 0.3 is 0 Å². The second-order valence-electron chi connectivity index (χ2n) is 10.6. The molecule has 0 aromatic heterocycles. The van der Waals surface area contributed by atoms with Crippen molar-refractivity contribution in [3.63, 3.8) is 0 Å². The van der Waals surface area contributed by atoms with Crippen LogP contribution in [-0.2, 0) is 17.8 Å². The predicted octanol–water partition coefficient (Wildman–Crippen LogP) is 6.01. The Morgan fingerprint density at radius 3 is 2.75 bits per heavy atom. The largest absolute Gasteiger partial charge is 0.493 e. The number of fused-ring (bicyclic) bond motifs is 5. The molecule has 0 N–H and O–H groups in total. The lowest BCUT2D eigenvalue weighted by Crippen LogP contribution is -2.49. The van der Waals surface area contributed by atoms with Crippen LogP contribution in [0.1, 0.15) is 68.1 Å². The standard InChI is InChI=1S/C29H37NO2/c1-29-16-15-25-24-12-10-23(32-18-6-17-31)19-22(24)9-11-26(25)27(29)13-14-28(29)30(2)20-21-7-4-3-5-8-21/h3-5,7-8,10,12,17,19,25-28H,6,9,11,13-16,18,20H2,1-2H3/t25?,26?,27?,28-,29-/m0/s1. The summed E-state index contributed by atoms with van der Waals surface area (Å²) in [4.78, 5) is 13.2. The van der Waals surface area contributed by atoms with Crippen LogP contribution >= 0.6 is 0 Å². The lowest BCUT2D eigenvalue weighted by atomic mass is 9.55. The number of hydrogen-bond acceptors (Lipinski definition) is 3. The number of carbonyl (C=O) groups is 1. The number of ether oxygens (including phenoxy) is 1. The third-order valence-corrected chi connectivity index (χ3v) is 8.96. The van der Waals surface area contributed by atoms with Gasteiger partial charge in [-0.3, -0.25) is 4.90 Å². The highest BCUT2D eigenvalue weighted by Gasteiger charge is 2.55. The van der Waals surface area contributed by atoms with Crippen LogP contribution in [0.25, 0.3) is 0 Å². The zero-order chi connectivity index (χ0) is 22.1. The first-order valence-electron chi connectivity index (χ1n) is 12.5. The van der Waals surface area contributed by atoms with E-state index in [2.05, 4.69) is 67.4 Å². The van der Waals surface area contributed by atoms with E-state index in [1.807, 2.05) is 0 Å².